The number of amides is 1. The van der Waals surface area contributed by atoms with Crippen LogP contribution >= 0.6 is 0 Å². The van der Waals surface area contributed by atoms with Crippen molar-refractivity contribution in [3.63, 3.8) is 0 Å². The third-order valence-electron chi connectivity index (χ3n) is 5.48. The summed E-state index contributed by atoms with van der Waals surface area (Å²) in [4.78, 5) is 12.3. The number of aliphatic hydroxyl groups excluding tert-OH is 6. The summed E-state index contributed by atoms with van der Waals surface area (Å²) in [6, 6.07) is -0.840. The van der Waals surface area contributed by atoms with Gasteiger partial charge in [0.2, 0.25) is 5.91 Å². The molecule has 178 valence electrons. The highest BCUT2D eigenvalue weighted by Crippen LogP contribution is 2.22. The molecule has 10 heteroatoms. The van der Waals surface area contributed by atoms with Gasteiger partial charge in [-0.15, -0.1) is 0 Å². The number of rotatable bonds is 13. The number of hydrogen-bond acceptors (Lipinski definition) is 9. The zero-order valence-corrected chi connectivity index (χ0v) is 18.1. The predicted octanol–water partition coefficient (Wildman–Crippen LogP) is -1.36. The van der Waals surface area contributed by atoms with Crippen molar-refractivity contribution in [1.82, 2.24) is 5.32 Å². The minimum atomic E-state index is -1.58. The van der Waals surface area contributed by atoms with E-state index in [1.165, 1.54) is 0 Å². The lowest BCUT2D eigenvalue weighted by molar-refractivity contribution is -0.302. The van der Waals surface area contributed by atoms with Gasteiger partial charge in [0.05, 0.1) is 37.9 Å². The number of aliphatic hydroxyl groups is 6. The van der Waals surface area contributed by atoms with Gasteiger partial charge in [0, 0.05) is 0 Å². The van der Waals surface area contributed by atoms with Crippen molar-refractivity contribution in [2.24, 2.45) is 5.92 Å². The van der Waals surface area contributed by atoms with Crippen LogP contribution in [0.1, 0.15) is 52.9 Å². The Hall–Kier alpha value is -0.850. The number of carbonyl (C=O) groups excluding carboxylic acids is 1. The molecular weight excluding hydrogens is 398 g/mol. The molecule has 0 aromatic heterocycles. The third-order valence-corrected chi connectivity index (χ3v) is 5.48. The summed E-state index contributed by atoms with van der Waals surface area (Å²) in [7, 11) is 0. The summed E-state index contributed by atoms with van der Waals surface area (Å²) in [6.45, 7) is 5.02. The molecule has 30 heavy (non-hydrogen) atoms. The molecule has 1 aliphatic heterocycles. The lowest BCUT2D eigenvalue weighted by Crippen LogP contribution is -2.60. The summed E-state index contributed by atoms with van der Waals surface area (Å²) >= 11 is 0. The largest absolute Gasteiger partial charge is 0.394 e. The minimum Gasteiger partial charge on any atom is -0.394 e. The molecule has 1 heterocycles. The van der Waals surface area contributed by atoms with Crippen molar-refractivity contribution in [2.75, 3.05) is 13.2 Å². The monoisotopic (exact) mass is 437 g/mol. The number of carbonyl (C=O) groups is 1. The normalized spacial score (nSPS) is 31.0. The fourth-order valence-corrected chi connectivity index (χ4v) is 3.31. The van der Waals surface area contributed by atoms with Crippen LogP contribution in [-0.4, -0.2) is 98.7 Å². The highest BCUT2D eigenvalue weighted by Gasteiger charge is 2.44. The van der Waals surface area contributed by atoms with Crippen LogP contribution in [0.25, 0.3) is 0 Å². The molecule has 0 radical (unpaired) electrons. The summed E-state index contributed by atoms with van der Waals surface area (Å²) in [6.07, 6.45) is -6.53. The van der Waals surface area contributed by atoms with Crippen LogP contribution < -0.4 is 5.32 Å². The number of ether oxygens (including phenoxy) is 2. The number of hydrogen-bond donors (Lipinski definition) is 7. The third kappa shape index (κ3) is 8.35. The van der Waals surface area contributed by atoms with Gasteiger partial charge >= 0.3 is 0 Å². The van der Waals surface area contributed by atoms with E-state index >= 15 is 0 Å². The van der Waals surface area contributed by atoms with Crippen molar-refractivity contribution in [1.29, 1.82) is 0 Å². The van der Waals surface area contributed by atoms with E-state index in [1.54, 1.807) is 0 Å². The molecule has 1 rings (SSSR count). The molecule has 1 amide bonds. The van der Waals surface area contributed by atoms with E-state index in [0.29, 0.717) is 12.8 Å². The zero-order chi connectivity index (χ0) is 22.8. The van der Waals surface area contributed by atoms with E-state index in [0.717, 1.165) is 12.8 Å². The Balaban J connectivity index is 2.77. The fraction of sp³-hybridized carbons (Fsp3) is 0.950. The molecule has 10 nitrogen and oxygen atoms in total. The van der Waals surface area contributed by atoms with E-state index < -0.39 is 61.5 Å². The van der Waals surface area contributed by atoms with E-state index in [9.17, 15) is 35.4 Å². The lowest BCUT2D eigenvalue weighted by Gasteiger charge is -2.40. The second-order valence-corrected chi connectivity index (χ2v) is 8.17. The first-order chi connectivity index (χ1) is 14.1. The second-order valence-electron chi connectivity index (χ2n) is 8.17. The van der Waals surface area contributed by atoms with Crippen molar-refractivity contribution in [3.05, 3.63) is 0 Å². The van der Waals surface area contributed by atoms with Crippen LogP contribution in [0.3, 0.4) is 0 Å². The van der Waals surface area contributed by atoms with Gasteiger partial charge in [0.25, 0.3) is 0 Å². The Bertz CT molecular complexity index is 493. The van der Waals surface area contributed by atoms with Crippen molar-refractivity contribution < 1.29 is 44.9 Å². The van der Waals surface area contributed by atoms with Gasteiger partial charge in [0.15, 0.2) is 6.29 Å². The van der Waals surface area contributed by atoms with Gasteiger partial charge in [0.1, 0.15) is 24.4 Å². The smallest absolute Gasteiger partial charge is 0.222 e. The molecule has 2 unspecified atom stereocenters. The summed E-state index contributed by atoms with van der Waals surface area (Å²) in [5.41, 5.74) is 0. The van der Waals surface area contributed by atoms with Crippen LogP contribution in [0.5, 0.6) is 0 Å². The Labute approximate surface area is 177 Å². The first-order valence-electron chi connectivity index (χ1n) is 10.7. The second kappa shape index (κ2) is 13.5. The molecule has 0 aromatic carbocycles. The van der Waals surface area contributed by atoms with E-state index in [-0.39, 0.29) is 18.9 Å². The standard InChI is InChI=1S/C20H39NO9/c1-4-6-12(23)8-16(25)21-13(14(24)7-11(3)5-2)10-29-20-19(28)18(27)17(26)15(9-22)30-20/h11-15,17-20,22-24,26-28H,4-10H2,1-3H3,(H,21,25)/t11-,12-,13+,14-,15?,17+,18+,19?,20+/m1/s1. The SMILES string of the molecule is CCC[C@@H](O)CC(=O)N[C@@H](CO[C@H]1OC(CO)[C@H](O)[C@H](O)C1O)[C@H](O)C[C@H](C)CC. The lowest BCUT2D eigenvalue weighted by atomic mass is 9.96. The fourth-order valence-electron chi connectivity index (χ4n) is 3.31. The molecule has 1 aliphatic rings. The summed E-state index contributed by atoms with van der Waals surface area (Å²) < 4.78 is 10.8. The van der Waals surface area contributed by atoms with Crippen LogP contribution in [0.15, 0.2) is 0 Å². The summed E-state index contributed by atoms with van der Waals surface area (Å²) in [5.74, 6) is -0.251. The average molecular weight is 438 g/mol. The molecule has 0 aliphatic carbocycles. The number of nitrogens with one attached hydrogen (secondary N) is 1. The first-order valence-corrected chi connectivity index (χ1v) is 10.7. The average Bonchev–Trinajstić information content (AvgIpc) is 2.70. The zero-order valence-electron chi connectivity index (χ0n) is 18.1. The Morgan fingerprint density at radius 1 is 1.13 bits per heavy atom. The van der Waals surface area contributed by atoms with Crippen molar-refractivity contribution >= 4 is 5.91 Å². The molecule has 0 bridgehead atoms. The van der Waals surface area contributed by atoms with Crippen LogP contribution in [0, 0.1) is 5.92 Å². The van der Waals surface area contributed by atoms with Gasteiger partial charge in [-0.3, -0.25) is 4.79 Å². The maximum absolute atomic E-state index is 12.3. The molecule has 1 saturated heterocycles. The first kappa shape index (κ1) is 27.2. The minimum absolute atomic E-state index is 0.111. The van der Waals surface area contributed by atoms with Gasteiger partial charge in [-0.1, -0.05) is 33.6 Å². The molecular formula is C20H39NO9. The Morgan fingerprint density at radius 3 is 2.37 bits per heavy atom. The highest BCUT2D eigenvalue weighted by atomic mass is 16.7. The molecule has 0 spiro atoms. The quantitative estimate of drug-likeness (QED) is 0.184. The van der Waals surface area contributed by atoms with Crippen LogP contribution in [0.2, 0.25) is 0 Å². The topological polar surface area (TPSA) is 169 Å². The molecule has 0 aromatic rings. The summed E-state index contributed by atoms with van der Waals surface area (Å²) in [5, 5.41) is 62.2. The highest BCUT2D eigenvalue weighted by molar-refractivity contribution is 5.76. The molecule has 0 saturated carbocycles. The predicted molar refractivity (Wildman–Crippen MR) is 107 cm³/mol. The Kier molecular flexibility index (Phi) is 12.3. The van der Waals surface area contributed by atoms with Crippen molar-refractivity contribution in [2.45, 2.75) is 102 Å². The van der Waals surface area contributed by atoms with Gasteiger partial charge in [-0.25, -0.2) is 0 Å². The van der Waals surface area contributed by atoms with Crippen LogP contribution in [-0.2, 0) is 14.3 Å². The van der Waals surface area contributed by atoms with E-state index in [1.807, 2.05) is 20.8 Å². The van der Waals surface area contributed by atoms with E-state index in [2.05, 4.69) is 5.32 Å². The van der Waals surface area contributed by atoms with Gasteiger partial charge < -0.3 is 45.4 Å². The molecule has 7 N–H and O–H groups in total. The molecule has 9 atom stereocenters. The Morgan fingerprint density at radius 2 is 1.80 bits per heavy atom. The van der Waals surface area contributed by atoms with E-state index in [4.69, 9.17) is 9.47 Å². The van der Waals surface area contributed by atoms with Crippen LogP contribution in [0.4, 0.5) is 0 Å². The van der Waals surface area contributed by atoms with Gasteiger partial charge in [-0.05, 0) is 18.8 Å². The van der Waals surface area contributed by atoms with Crippen molar-refractivity contribution in [3.8, 4) is 0 Å². The van der Waals surface area contributed by atoms with Gasteiger partial charge in [-0.2, -0.15) is 0 Å². The maximum atomic E-state index is 12.3. The maximum Gasteiger partial charge on any atom is 0.222 e. The molecule has 1 fully saturated rings.